The van der Waals surface area contributed by atoms with Gasteiger partial charge >= 0.3 is 30.6 Å². The normalized spacial score (nSPS) is 22.2. The first kappa shape index (κ1) is 35.9. The molecule has 1 N–H and O–H groups in total. The molecule has 4 rings (SSSR count). The molecule has 46 heavy (non-hydrogen) atoms. The number of amides is 1. The van der Waals surface area contributed by atoms with E-state index in [1.54, 1.807) is 14.0 Å². The number of halogens is 9. The highest BCUT2D eigenvalue weighted by atomic mass is 19.4. The first-order chi connectivity index (χ1) is 21.2. The molecular weight excluding hydrogens is 639 g/mol. The molecule has 0 bridgehead atoms. The lowest BCUT2D eigenvalue weighted by atomic mass is 9.87. The third-order valence-corrected chi connectivity index (χ3v) is 9.51. The SMILES string of the molecule is CN(Cc1ccc(C(F)(F)F)cc1N1CCC(N2CCCC2C(=O)O)CC1)C1(C)CCN(C(=O)OC(C(F)(F)F)C(F)(F)F)CC1. The van der Waals surface area contributed by atoms with Gasteiger partial charge in [0.15, 0.2) is 0 Å². The molecule has 0 aromatic heterocycles. The average Bonchev–Trinajstić information content (AvgIpc) is 3.45. The van der Waals surface area contributed by atoms with Crippen molar-refractivity contribution in [1.82, 2.24) is 14.7 Å². The number of hydrogen-bond donors (Lipinski definition) is 1. The Morgan fingerprint density at radius 1 is 0.957 bits per heavy atom. The van der Waals surface area contributed by atoms with Crippen LogP contribution in [0.25, 0.3) is 0 Å². The molecule has 8 nitrogen and oxygen atoms in total. The molecule has 0 aliphatic carbocycles. The predicted molar refractivity (Wildman–Crippen MR) is 147 cm³/mol. The number of carbonyl (C=O) groups is 2. The maximum Gasteiger partial charge on any atom is 0.434 e. The van der Waals surface area contributed by atoms with Gasteiger partial charge in [-0.15, -0.1) is 0 Å². The van der Waals surface area contributed by atoms with Crippen LogP contribution in [0.2, 0.25) is 0 Å². The second-order valence-corrected chi connectivity index (χ2v) is 12.5. The summed E-state index contributed by atoms with van der Waals surface area (Å²) in [6.45, 7) is 3.07. The zero-order valence-corrected chi connectivity index (χ0v) is 25.3. The van der Waals surface area contributed by atoms with Gasteiger partial charge in [-0.3, -0.25) is 14.6 Å². The van der Waals surface area contributed by atoms with Crippen molar-refractivity contribution in [3.05, 3.63) is 29.3 Å². The second-order valence-electron chi connectivity index (χ2n) is 12.5. The van der Waals surface area contributed by atoms with Gasteiger partial charge in [0.1, 0.15) is 6.04 Å². The third kappa shape index (κ3) is 8.12. The average molecular weight is 677 g/mol. The molecule has 17 heteroatoms. The van der Waals surface area contributed by atoms with Crippen molar-refractivity contribution in [2.45, 2.75) is 94.2 Å². The van der Waals surface area contributed by atoms with Crippen LogP contribution >= 0.6 is 0 Å². The Balaban J connectivity index is 1.44. The largest absolute Gasteiger partial charge is 0.480 e. The molecular formula is C29H37F9N4O4. The van der Waals surface area contributed by atoms with Crippen molar-refractivity contribution in [2.24, 2.45) is 0 Å². The second kappa shape index (κ2) is 13.3. The van der Waals surface area contributed by atoms with Gasteiger partial charge in [0.05, 0.1) is 5.56 Å². The summed E-state index contributed by atoms with van der Waals surface area (Å²) in [4.78, 5) is 30.4. The summed E-state index contributed by atoms with van der Waals surface area (Å²) in [5, 5.41) is 9.56. The summed E-state index contributed by atoms with van der Waals surface area (Å²) in [6, 6.07) is 2.90. The highest BCUT2D eigenvalue weighted by Gasteiger charge is 2.60. The molecule has 0 radical (unpaired) electrons. The topological polar surface area (TPSA) is 76.6 Å². The van der Waals surface area contributed by atoms with E-state index < -0.39 is 53.8 Å². The van der Waals surface area contributed by atoms with Crippen LogP contribution < -0.4 is 4.90 Å². The Bertz CT molecular complexity index is 1230. The number of piperidine rings is 2. The molecule has 1 aromatic carbocycles. The summed E-state index contributed by atoms with van der Waals surface area (Å²) in [5.41, 5.74) is -0.555. The van der Waals surface area contributed by atoms with Crippen LogP contribution in [0, 0.1) is 0 Å². The number of benzene rings is 1. The number of carboxylic acid groups (broad SMARTS) is 1. The van der Waals surface area contributed by atoms with Crippen molar-refractivity contribution in [3.63, 3.8) is 0 Å². The van der Waals surface area contributed by atoms with Gasteiger partial charge in [0, 0.05) is 50.0 Å². The zero-order valence-electron chi connectivity index (χ0n) is 25.3. The fraction of sp³-hybridized carbons (Fsp3) is 0.724. The van der Waals surface area contributed by atoms with E-state index in [9.17, 15) is 54.2 Å². The van der Waals surface area contributed by atoms with Crippen LogP contribution in [0.4, 0.5) is 50.0 Å². The van der Waals surface area contributed by atoms with Crippen LogP contribution in [0.1, 0.15) is 56.6 Å². The van der Waals surface area contributed by atoms with E-state index in [-0.39, 0.29) is 38.5 Å². The maximum atomic E-state index is 13.7. The van der Waals surface area contributed by atoms with E-state index in [1.165, 1.54) is 6.07 Å². The van der Waals surface area contributed by atoms with E-state index in [4.69, 9.17) is 0 Å². The molecule has 1 amide bonds. The van der Waals surface area contributed by atoms with Gasteiger partial charge in [-0.2, -0.15) is 39.5 Å². The van der Waals surface area contributed by atoms with Crippen molar-refractivity contribution >= 4 is 17.7 Å². The Hall–Kier alpha value is -2.95. The molecule has 1 unspecified atom stereocenters. The first-order valence-corrected chi connectivity index (χ1v) is 14.9. The molecule has 3 saturated heterocycles. The Kier molecular flexibility index (Phi) is 10.4. The summed E-state index contributed by atoms with van der Waals surface area (Å²) in [5.74, 6) is -0.883. The third-order valence-electron chi connectivity index (χ3n) is 9.51. The van der Waals surface area contributed by atoms with Crippen LogP contribution in [-0.4, -0.2) is 108 Å². The number of nitrogens with zero attached hydrogens (tertiary/aromatic N) is 4. The van der Waals surface area contributed by atoms with Crippen LogP contribution in [0.15, 0.2) is 18.2 Å². The molecule has 3 fully saturated rings. The Morgan fingerprint density at radius 3 is 2.07 bits per heavy atom. The Labute approximate surface area is 260 Å². The number of aliphatic carboxylic acids is 1. The van der Waals surface area contributed by atoms with Crippen molar-refractivity contribution < 1.29 is 58.9 Å². The number of anilines is 1. The van der Waals surface area contributed by atoms with E-state index in [1.807, 2.05) is 14.7 Å². The summed E-state index contributed by atoms with van der Waals surface area (Å²) in [6.07, 6.45) is -19.5. The van der Waals surface area contributed by atoms with Gasteiger partial charge in [-0.05, 0) is 76.7 Å². The van der Waals surface area contributed by atoms with Crippen molar-refractivity contribution in [3.8, 4) is 0 Å². The van der Waals surface area contributed by atoms with E-state index in [0.29, 0.717) is 50.1 Å². The lowest BCUT2D eigenvalue weighted by Crippen LogP contribution is -2.54. The number of alkyl halides is 9. The van der Waals surface area contributed by atoms with Crippen molar-refractivity contribution in [2.75, 3.05) is 44.7 Å². The summed E-state index contributed by atoms with van der Waals surface area (Å²) >= 11 is 0. The van der Waals surface area contributed by atoms with Crippen molar-refractivity contribution in [1.29, 1.82) is 0 Å². The number of hydrogen-bond acceptors (Lipinski definition) is 6. The summed E-state index contributed by atoms with van der Waals surface area (Å²) in [7, 11) is 1.71. The maximum absolute atomic E-state index is 13.7. The van der Waals surface area contributed by atoms with Gasteiger partial charge < -0.3 is 19.6 Å². The van der Waals surface area contributed by atoms with Crippen LogP contribution in [0.5, 0.6) is 0 Å². The summed E-state index contributed by atoms with van der Waals surface area (Å²) < 4.78 is 122. The lowest BCUT2D eigenvalue weighted by molar-refractivity contribution is -0.308. The molecule has 3 aliphatic heterocycles. The van der Waals surface area contributed by atoms with E-state index in [2.05, 4.69) is 4.74 Å². The van der Waals surface area contributed by atoms with Gasteiger partial charge in [0.2, 0.25) is 0 Å². The molecule has 0 saturated carbocycles. The molecule has 1 aromatic rings. The molecule has 260 valence electrons. The zero-order chi connectivity index (χ0) is 34.2. The minimum Gasteiger partial charge on any atom is -0.480 e. The fourth-order valence-electron chi connectivity index (χ4n) is 6.59. The monoisotopic (exact) mass is 676 g/mol. The highest BCUT2D eigenvalue weighted by molar-refractivity contribution is 5.74. The smallest absolute Gasteiger partial charge is 0.434 e. The minimum absolute atomic E-state index is 0.00454. The number of ether oxygens (including phenoxy) is 1. The number of likely N-dealkylation sites (tertiary alicyclic amines) is 2. The van der Waals surface area contributed by atoms with E-state index in [0.717, 1.165) is 23.5 Å². The fourth-order valence-corrected chi connectivity index (χ4v) is 6.59. The molecule has 3 aliphatic rings. The van der Waals surface area contributed by atoms with Crippen LogP contribution in [0.3, 0.4) is 0 Å². The lowest BCUT2D eigenvalue weighted by Gasteiger charge is -2.45. The quantitative estimate of drug-likeness (QED) is 0.348. The molecule has 3 heterocycles. The number of carboxylic acids is 1. The standard InChI is InChI=1S/C29H37F9N4O4/c1-26(9-14-41(15-10-26)25(45)46-24(28(33,34)35)29(36,37)38)39(2)17-18-5-6-19(27(30,31)32)16-22(18)40-12-7-20(8-13-40)42-11-3-4-21(42)23(43)44/h5-6,16,20-21,24H,3-4,7-15,17H2,1-2H3,(H,43,44). The van der Waals surface area contributed by atoms with Gasteiger partial charge in [-0.1, -0.05) is 6.07 Å². The molecule has 0 spiro atoms. The first-order valence-electron chi connectivity index (χ1n) is 14.9. The highest BCUT2D eigenvalue weighted by Crippen LogP contribution is 2.39. The number of rotatable bonds is 7. The Morgan fingerprint density at radius 2 is 1.54 bits per heavy atom. The molecule has 1 atom stereocenters. The van der Waals surface area contributed by atoms with E-state index >= 15 is 0 Å². The predicted octanol–water partition coefficient (Wildman–Crippen LogP) is 6.14. The van der Waals surface area contributed by atoms with Gasteiger partial charge in [0.25, 0.3) is 6.10 Å². The van der Waals surface area contributed by atoms with Crippen LogP contribution in [-0.2, 0) is 22.3 Å². The number of carbonyl (C=O) groups excluding carboxylic acids is 1. The van der Waals surface area contributed by atoms with Gasteiger partial charge in [-0.25, -0.2) is 4.79 Å². The minimum atomic E-state index is -5.83.